The van der Waals surface area contributed by atoms with Gasteiger partial charge in [-0.25, -0.2) is 22.2 Å². The normalized spacial score (nSPS) is 15.8. The Morgan fingerprint density at radius 1 is 1.19 bits per heavy atom. The number of carbonyl (C=O) groups is 1. The zero-order valence-electron chi connectivity index (χ0n) is 16.9. The van der Waals surface area contributed by atoms with E-state index in [1.54, 1.807) is 25.1 Å². The monoisotopic (exact) mass is 463 g/mol. The summed E-state index contributed by atoms with van der Waals surface area (Å²) in [5.74, 6) is -2.30. The summed E-state index contributed by atoms with van der Waals surface area (Å²) in [5, 5.41) is 3.06. The quantitative estimate of drug-likeness (QED) is 0.624. The van der Waals surface area contributed by atoms with Crippen molar-refractivity contribution >= 4 is 38.1 Å². The number of sulfonamides is 1. The number of carbonyl (C=O) groups excluding carboxylic acids is 1. The average molecular weight is 464 g/mol. The zero-order valence-corrected chi connectivity index (χ0v) is 18.6. The fraction of sp³-hybridized carbons (Fsp3) is 0.238. The van der Waals surface area contributed by atoms with Gasteiger partial charge in [-0.15, -0.1) is 11.3 Å². The minimum absolute atomic E-state index is 0.219. The van der Waals surface area contributed by atoms with Crippen LogP contribution in [0.2, 0.25) is 0 Å². The lowest BCUT2D eigenvalue weighted by Crippen LogP contribution is -2.34. The van der Waals surface area contributed by atoms with Gasteiger partial charge in [-0.1, -0.05) is 0 Å². The van der Waals surface area contributed by atoms with Crippen molar-refractivity contribution in [1.82, 2.24) is 4.98 Å². The molecule has 0 saturated heterocycles. The predicted molar refractivity (Wildman–Crippen MR) is 117 cm³/mol. The van der Waals surface area contributed by atoms with E-state index in [-0.39, 0.29) is 11.9 Å². The highest BCUT2D eigenvalue weighted by Crippen LogP contribution is 2.35. The number of halogens is 2. The number of aromatic nitrogens is 1. The minimum Gasteiger partial charge on any atom is -0.298 e. The summed E-state index contributed by atoms with van der Waals surface area (Å²) in [6.45, 7) is 3.60. The summed E-state index contributed by atoms with van der Waals surface area (Å²) < 4.78 is 52.2. The molecule has 2 heterocycles. The average Bonchev–Trinajstić information content (AvgIpc) is 3.21. The van der Waals surface area contributed by atoms with E-state index in [9.17, 15) is 22.0 Å². The van der Waals surface area contributed by atoms with Crippen LogP contribution in [-0.4, -0.2) is 31.6 Å². The van der Waals surface area contributed by atoms with Crippen LogP contribution >= 0.6 is 11.3 Å². The number of thiazole rings is 1. The molecular weight excluding hydrogens is 444 g/mol. The van der Waals surface area contributed by atoms with Crippen LogP contribution in [0.25, 0.3) is 11.3 Å². The molecule has 31 heavy (non-hydrogen) atoms. The molecule has 0 bridgehead atoms. The first-order valence-electron chi connectivity index (χ1n) is 9.41. The highest BCUT2D eigenvalue weighted by Gasteiger charge is 2.32. The van der Waals surface area contributed by atoms with Gasteiger partial charge in [0.05, 0.1) is 17.6 Å². The van der Waals surface area contributed by atoms with Crippen LogP contribution in [-0.2, 0) is 16.4 Å². The number of nitrogens with one attached hydrogen (secondary N) is 1. The third-order valence-corrected chi connectivity index (χ3v) is 7.22. The lowest BCUT2D eigenvalue weighted by Gasteiger charge is -2.21. The fourth-order valence-electron chi connectivity index (χ4n) is 3.78. The Hall–Kier alpha value is -2.85. The van der Waals surface area contributed by atoms with Gasteiger partial charge in [0, 0.05) is 22.0 Å². The van der Waals surface area contributed by atoms with Gasteiger partial charge in [0.15, 0.2) is 16.8 Å². The van der Waals surface area contributed by atoms with Gasteiger partial charge in [0.25, 0.3) is 5.91 Å². The molecule has 162 valence electrons. The Morgan fingerprint density at radius 3 is 2.61 bits per heavy atom. The molecule has 1 aliphatic heterocycles. The minimum atomic E-state index is -3.41. The smallest absolute Gasteiger partial charge is 0.257 e. The van der Waals surface area contributed by atoms with Crippen LogP contribution in [0.15, 0.2) is 36.4 Å². The van der Waals surface area contributed by atoms with E-state index in [0.29, 0.717) is 34.1 Å². The third kappa shape index (κ3) is 4.05. The molecule has 1 amide bonds. The third-order valence-electron chi connectivity index (χ3n) is 5.06. The molecule has 1 atom stereocenters. The fourth-order valence-corrected chi connectivity index (χ4v) is 5.87. The van der Waals surface area contributed by atoms with Crippen molar-refractivity contribution in [3.63, 3.8) is 0 Å². The van der Waals surface area contributed by atoms with Crippen molar-refractivity contribution in [2.45, 2.75) is 26.3 Å². The van der Waals surface area contributed by atoms with E-state index in [1.165, 1.54) is 21.7 Å². The lowest BCUT2D eigenvalue weighted by atomic mass is 10.1. The van der Waals surface area contributed by atoms with Gasteiger partial charge in [-0.3, -0.25) is 14.4 Å². The van der Waals surface area contributed by atoms with Crippen LogP contribution in [0, 0.1) is 18.6 Å². The largest absolute Gasteiger partial charge is 0.298 e. The molecule has 0 unspecified atom stereocenters. The molecule has 0 fully saturated rings. The number of aryl methyl sites for hydroxylation is 1. The molecule has 0 spiro atoms. The Labute approximate surface area is 182 Å². The molecule has 10 heteroatoms. The number of fused-ring (bicyclic) bond motifs is 1. The Kier molecular flexibility index (Phi) is 5.30. The number of anilines is 2. The van der Waals surface area contributed by atoms with Gasteiger partial charge in [0.2, 0.25) is 10.0 Å². The molecule has 0 saturated carbocycles. The highest BCUT2D eigenvalue weighted by molar-refractivity contribution is 7.92. The number of hydrogen-bond donors (Lipinski definition) is 1. The Balaban J connectivity index is 1.57. The van der Waals surface area contributed by atoms with Gasteiger partial charge in [-0.2, -0.15) is 0 Å². The number of amides is 1. The van der Waals surface area contributed by atoms with Crippen molar-refractivity contribution in [3.05, 3.63) is 64.0 Å². The summed E-state index contributed by atoms with van der Waals surface area (Å²) in [6.07, 6.45) is 1.68. The van der Waals surface area contributed by atoms with Crippen LogP contribution in [0.4, 0.5) is 19.6 Å². The first-order chi connectivity index (χ1) is 14.5. The summed E-state index contributed by atoms with van der Waals surface area (Å²) >= 11 is 1.23. The van der Waals surface area contributed by atoms with Crippen molar-refractivity contribution in [1.29, 1.82) is 0 Å². The SMILES string of the molecule is Cc1sc(NC(=O)c2ccc3c(c2)C[C@H](C)N3S(C)(=O)=O)nc1-c1ccc(F)c(F)c1. The topological polar surface area (TPSA) is 79.4 Å². The molecule has 6 nitrogen and oxygen atoms in total. The van der Waals surface area contributed by atoms with Crippen LogP contribution in [0.3, 0.4) is 0 Å². The van der Waals surface area contributed by atoms with Gasteiger partial charge < -0.3 is 0 Å². The molecule has 1 N–H and O–H groups in total. The first kappa shape index (κ1) is 21.4. The van der Waals surface area contributed by atoms with E-state index in [0.717, 1.165) is 28.8 Å². The summed E-state index contributed by atoms with van der Waals surface area (Å²) in [4.78, 5) is 17.8. The second-order valence-corrected chi connectivity index (χ2v) is 10.5. The van der Waals surface area contributed by atoms with E-state index in [4.69, 9.17) is 0 Å². The molecule has 2 aromatic carbocycles. The Bertz CT molecular complexity index is 1310. The Morgan fingerprint density at radius 2 is 1.94 bits per heavy atom. The lowest BCUT2D eigenvalue weighted by molar-refractivity contribution is 0.102. The maximum absolute atomic E-state index is 13.6. The van der Waals surface area contributed by atoms with Crippen molar-refractivity contribution in [2.24, 2.45) is 0 Å². The second kappa shape index (κ2) is 7.69. The van der Waals surface area contributed by atoms with Crippen LogP contribution in [0.1, 0.15) is 27.7 Å². The number of rotatable bonds is 4. The van der Waals surface area contributed by atoms with E-state index < -0.39 is 21.7 Å². The molecule has 0 aliphatic carbocycles. The first-order valence-corrected chi connectivity index (χ1v) is 12.1. The standard InChI is InChI=1S/C21H19F2N3O3S2/c1-11-8-15-9-14(5-7-18(15)26(11)31(3,28)29)20(27)25-21-24-19(12(2)30-21)13-4-6-16(22)17(23)10-13/h4-7,9-11H,8H2,1-3H3,(H,24,25,27)/t11-/m0/s1. The maximum atomic E-state index is 13.6. The van der Waals surface area contributed by atoms with E-state index >= 15 is 0 Å². The molecule has 0 radical (unpaired) electrons. The summed E-state index contributed by atoms with van der Waals surface area (Å²) in [5.41, 5.74) is 2.62. The van der Waals surface area contributed by atoms with Crippen molar-refractivity contribution in [2.75, 3.05) is 15.9 Å². The van der Waals surface area contributed by atoms with Gasteiger partial charge in [-0.05, 0) is 62.2 Å². The molecule has 1 aliphatic rings. The summed E-state index contributed by atoms with van der Waals surface area (Å²) in [7, 11) is -3.41. The maximum Gasteiger partial charge on any atom is 0.257 e. The van der Waals surface area contributed by atoms with Crippen molar-refractivity contribution < 1.29 is 22.0 Å². The predicted octanol–water partition coefficient (Wildman–Crippen LogP) is 4.36. The molecule has 1 aromatic heterocycles. The number of hydrogen-bond acceptors (Lipinski definition) is 5. The number of nitrogens with zero attached hydrogens (tertiary/aromatic N) is 2. The second-order valence-electron chi connectivity index (χ2n) is 7.46. The highest BCUT2D eigenvalue weighted by atomic mass is 32.2. The molecule has 3 aromatic rings. The van der Waals surface area contributed by atoms with Crippen LogP contribution < -0.4 is 9.62 Å². The van der Waals surface area contributed by atoms with Crippen LogP contribution in [0.5, 0.6) is 0 Å². The van der Waals surface area contributed by atoms with E-state index in [1.807, 2.05) is 6.92 Å². The van der Waals surface area contributed by atoms with Gasteiger partial charge in [0.1, 0.15) is 0 Å². The zero-order chi connectivity index (χ0) is 22.5. The molecule has 4 rings (SSSR count). The van der Waals surface area contributed by atoms with Gasteiger partial charge >= 0.3 is 0 Å². The summed E-state index contributed by atoms with van der Waals surface area (Å²) in [6, 6.07) is 8.20. The number of benzene rings is 2. The van der Waals surface area contributed by atoms with E-state index in [2.05, 4.69) is 10.3 Å². The van der Waals surface area contributed by atoms with Crippen molar-refractivity contribution in [3.8, 4) is 11.3 Å². The molecular formula is C21H19F2N3O3S2.